The Bertz CT molecular complexity index is 1010. The molecule has 0 bridgehead atoms. The van der Waals surface area contributed by atoms with Crippen molar-refractivity contribution in [1.82, 2.24) is 20.0 Å². The van der Waals surface area contributed by atoms with Crippen LogP contribution < -0.4 is 15.6 Å². The molecule has 3 aromatic rings. The summed E-state index contributed by atoms with van der Waals surface area (Å²) in [4.78, 5) is 24.4. The van der Waals surface area contributed by atoms with E-state index in [2.05, 4.69) is 34.5 Å². The monoisotopic (exact) mass is 399 g/mol. The second-order valence-corrected chi connectivity index (χ2v) is 7.65. The molecule has 0 aliphatic carbocycles. The zero-order chi connectivity index (χ0) is 20.1. The first-order valence-electron chi connectivity index (χ1n) is 8.79. The Balaban J connectivity index is 1.71. The van der Waals surface area contributed by atoms with Crippen LogP contribution in [0.15, 0.2) is 41.2 Å². The van der Waals surface area contributed by atoms with E-state index in [0.29, 0.717) is 16.7 Å². The van der Waals surface area contributed by atoms with Crippen molar-refractivity contribution in [2.24, 2.45) is 5.92 Å². The van der Waals surface area contributed by atoms with Crippen LogP contribution in [0, 0.1) is 5.92 Å². The van der Waals surface area contributed by atoms with Crippen LogP contribution in [0.5, 0.6) is 5.75 Å². The van der Waals surface area contributed by atoms with Crippen LogP contribution in [-0.4, -0.2) is 33.0 Å². The Morgan fingerprint density at radius 3 is 2.61 bits per heavy atom. The second-order valence-electron chi connectivity index (χ2n) is 6.59. The summed E-state index contributed by atoms with van der Waals surface area (Å²) in [5.74, 6) is 0.805. The summed E-state index contributed by atoms with van der Waals surface area (Å²) in [6.07, 6.45) is 0.804. The molecule has 9 heteroatoms. The van der Waals surface area contributed by atoms with E-state index >= 15 is 0 Å². The molecule has 0 fully saturated rings. The van der Waals surface area contributed by atoms with Gasteiger partial charge in [-0.1, -0.05) is 25.2 Å². The average Bonchev–Trinajstić information content (AvgIpc) is 3.09. The van der Waals surface area contributed by atoms with Gasteiger partial charge in [0, 0.05) is 18.1 Å². The molecule has 8 nitrogen and oxygen atoms in total. The number of carbonyl (C=O) groups excluding carboxylic acids is 1. The summed E-state index contributed by atoms with van der Waals surface area (Å²) in [5, 5.41) is 16.3. The number of benzene rings is 1. The van der Waals surface area contributed by atoms with Gasteiger partial charge in [-0.3, -0.25) is 14.9 Å². The summed E-state index contributed by atoms with van der Waals surface area (Å²) < 4.78 is 6.27. The van der Waals surface area contributed by atoms with Crippen molar-refractivity contribution in [3.8, 4) is 17.0 Å². The van der Waals surface area contributed by atoms with E-state index in [1.165, 1.54) is 17.4 Å². The molecular weight excluding hydrogens is 378 g/mol. The first-order valence-corrected chi connectivity index (χ1v) is 9.61. The van der Waals surface area contributed by atoms with E-state index in [-0.39, 0.29) is 18.0 Å². The first-order chi connectivity index (χ1) is 13.4. The number of anilines is 1. The van der Waals surface area contributed by atoms with E-state index in [9.17, 15) is 9.59 Å². The molecule has 0 aliphatic rings. The normalized spacial score (nSPS) is 10.9. The molecule has 1 aromatic carbocycles. The second kappa shape index (κ2) is 8.75. The van der Waals surface area contributed by atoms with E-state index in [1.54, 1.807) is 13.2 Å². The molecule has 3 rings (SSSR count). The van der Waals surface area contributed by atoms with Crippen LogP contribution in [-0.2, 0) is 17.8 Å². The fourth-order valence-electron chi connectivity index (χ4n) is 2.51. The fraction of sp³-hybridized carbons (Fsp3) is 0.316. The Hall–Kier alpha value is -3.07. The largest absolute Gasteiger partial charge is 0.497 e. The highest BCUT2D eigenvalue weighted by Crippen LogP contribution is 2.20. The van der Waals surface area contributed by atoms with Gasteiger partial charge in [0.25, 0.3) is 5.56 Å². The van der Waals surface area contributed by atoms with E-state index in [1.807, 2.05) is 24.3 Å². The van der Waals surface area contributed by atoms with Gasteiger partial charge in [0.1, 0.15) is 17.3 Å². The third-order valence-electron chi connectivity index (χ3n) is 3.84. The van der Waals surface area contributed by atoms with E-state index in [4.69, 9.17) is 4.74 Å². The topological polar surface area (TPSA) is 99.0 Å². The SMILES string of the molecule is COc1ccc(-c2ccc(=O)n(CC(=O)Nc3nnc(CC(C)C)s3)n2)cc1. The molecule has 2 aromatic heterocycles. The van der Waals surface area contributed by atoms with Gasteiger partial charge in [0.2, 0.25) is 11.0 Å². The molecule has 2 heterocycles. The number of rotatable bonds is 7. The number of amides is 1. The number of aromatic nitrogens is 4. The van der Waals surface area contributed by atoms with Gasteiger partial charge < -0.3 is 4.74 Å². The lowest BCUT2D eigenvalue weighted by atomic mass is 10.1. The zero-order valence-electron chi connectivity index (χ0n) is 15.9. The predicted molar refractivity (Wildman–Crippen MR) is 108 cm³/mol. The highest BCUT2D eigenvalue weighted by atomic mass is 32.1. The van der Waals surface area contributed by atoms with Crippen LogP contribution in [0.1, 0.15) is 18.9 Å². The summed E-state index contributed by atoms with van der Waals surface area (Å²) in [6.45, 7) is 3.98. The highest BCUT2D eigenvalue weighted by molar-refractivity contribution is 7.15. The lowest BCUT2D eigenvalue weighted by molar-refractivity contribution is -0.117. The van der Waals surface area contributed by atoms with Gasteiger partial charge in [-0.15, -0.1) is 10.2 Å². The Morgan fingerprint density at radius 2 is 1.93 bits per heavy atom. The Morgan fingerprint density at radius 1 is 1.18 bits per heavy atom. The van der Waals surface area contributed by atoms with E-state index in [0.717, 1.165) is 27.4 Å². The molecule has 0 saturated heterocycles. The summed E-state index contributed by atoms with van der Waals surface area (Å²) in [6, 6.07) is 10.3. The van der Waals surface area contributed by atoms with Crippen molar-refractivity contribution in [1.29, 1.82) is 0 Å². The number of nitrogens with one attached hydrogen (secondary N) is 1. The van der Waals surface area contributed by atoms with Crippen LogP contribution in [0.2, 0.25) is 0 Å². The van der Waals surface area contributed by atoms with Crippen molar-refractivity contribution in [2.45, 2.75) is 26.8 Å². The number of hydrogen-bond donors (Lipinski definition) is 1. The third kappa shape index (κ3) is 5.01. The number of ether oxygens (including phenoxy) is 1. The van der Waals surface area contributed by atoms with Gasteiger partial charge in [0.15, 0.2) is 0 Å². The van der Waals surface area contributed by atoms with Crippen LogP contribution in [0.4, 0.5) is 5.13 Å². The van der Waals surface area contributed by atoms with Gasteiger partial charge in [0.05, 0.1) is 12.8 Å². The molecule has 0 atom stereocenters. The van der Waals surface area contributed by atoms with Crippen molar-refractivity contribution in [3.05, 3.63) is 51.8 Å². The van der Waals surface area contributed by atoms with Gasteiger partial charge in [-0.2, -0.15) is 5.10 Å². The Kier molecular flexibility index (Phi) is 6.15. The quantitative estimate of drug-likeness (QED) is 0.656. The molecule has 0 unspecified atom stereocenters. The van der Waals surface area contributed by atoms with Gasteiger partial charge >= 0.3 is 0 Å². The van der Waals surface area contributed by atoms with Gasteiger partial charge in [-0.05, 0) is 36.2 Å². The lowest BCUT2D eigenvalue weighted by Gasteiger charge is -2.07. The van der Waals surface area contributed by atoms with Crippen LogP contribution in [0.3, 0.4) is 0 Å². The third-order valence-corrected chi connectivity index (χ3v) is 4.70. The molecule has 1 N–H and O–H groups in total. The van der Waals surface area contributed by atoms with Crippen molar-refractivity contribution < 1.29 is 9.53 Å². The zero-order valence-corrected chi connectivity index (χ0v) is 16.7. The standard InChI is InChI=1S/C19H21N5O3S/c1-12(2)10-17-21-22-19(28-17)20-16(25)11-24-18(26)9-8-15(23-24)13-4-6-14(27-3)7-5-13/h4-9,12H,10-11H2,1-3H3,(H,20,22,25). The fourth-order valence-corrected chi connectivity index (χ4v) is 3.48. The molecule has 1 amide bonds. The minimum Gasteiger partial charge on any atom is -0.497 e. The number of nitrogens with zero attached hydrogens (tertiary/aromatic N) is 4. The predicted octanol–water partition coefficient (Wildman–Crippen LogP) is 2.61. The average molecular weight is 399 g/mol. The van der Waals surface area contributed by atoms with Crippen LogP contribution in [0.25, 0.3) is 11.3 Å². The Labute approximate surface area is 166 Å². The van der Waals surface area contributed by atoms with E-state index < -0.39 is 0 Å². The molecular formula is C19H21N5O3S. The van der Waals surface area contributed by atoms with Crippen molar-refractivity contribution in [2.75, 3.05) is 12.4 Å². The van der Waals surface area contributed by atoms with Crippen molar-refractivity contribution in [3.63, 3.8) is 0 Å². The van der Waals surface area contributed by atoms with Gasteiger partial charge in [-0.25, -0.2) is 4.68 Å². The first kappa shape index (κ1) is 19.7. The molecule has 0 spiro atoms. The summed E-state index contributed by atoms with van der Waals surface area (Å²) >= 11 is 1.33. The number of carbonyl (C=O) groups is 1. The molecule has 28 heavy (non-hydrogen) atoms. The molecule has 0 saturated carbocycles. The number of methoxy groups -OCH3 is 1. The maximum atomic E-state index is 12.3. The van der Waals surface area contributed by atoms with Crippen molar-refractivity contribution >= 4 is 22.4 Å². The maximum Gasteiger partial charge on any atom is 0.267 e. The molecule has 0 radical (unpaired) electrons. The maximum absolute atomic E-state index is 12.3. The number of hydrogen-bond acceptors (Lipinski definition) is 7. The summed E-state index contributed by atoms with van der Waals surface area (Å²) in [5.41, 5.74) is 1.05. The minimum absolute atomic E-state index is 0.206. The lowest BCUT2D eigenvalue weighted by Crippen LogP contribution is -2.29. The summed E-state index contributed by atoms with van der Waals surface area (Å²) in [7, 11) is 1.59. The molecule has 0 aliphatic heterocycles. The molecule has 146 valence electrons. The smallest absolute Gasteiger partial charge is 0.267 e. The van der Waals surface area contributed by atoms with Crippen LogP contribution >= 0.6 is 11.3 Å². The minimum atomic E-state index is -0.381. The highest BCUT2D eigenvalue weighted by Gasteiger charge is 2.12.